The quantitative estimate of drug-likeness (QED) is 0.156. The van der Waals surface area contributed by atoms with Crippen LogP contribution < -0.4 is 4.90 Å². The summed E-state index contributed by atoms with van der Waals surface area (Å²) in [5, 5.41) is 20.7. The van der Waals surface area contributed by atoms with Gasteiger partial charge in [0.1, 0.15) is 0 Å². The molecular formula is C63H39NS. The minimum absolute atomic E-state index is 1.14. The zero-order valence-electron chi connectivity index (χ0n) is 35.6. The van der Waals surface area contributed by atoms with Crippen LogP contribution in [0, 0.1) is 6.92 Å². The summed E-state index contributed by atoms with van der Waals surface area (Å²) < 4.78 is 2.69. The molecule has 0 aliphatic rings. The standard InChI is InChI=1S/C63H39NS/c1-38-35-43(23-27-47(38)44-25-34-59-57(37-44)55-32-31-54-51-17-8-7-15-49(51)50-16-9-10-18-52(50)62(54)63(55)65-59)48-28-20-40-22-30-56-58(33-24-41-21-29-53(48)60(40)61(41)56)64(45-13-3-2-4-14-45)46-26-19-39-11-5-6-12-42(39)36-46/h2-37H,1H3. The van der Waals surface area contributed by atoms with Crippen molar-refractivity contribution in [3.8, 4) is 22.3 Å². The Labute approximate surface area is 380 Å². The van der Waals surface area contributed by atoms with Crippen LogP contribution in [0.4, 0.5) is 17.1 Å². The lowest BCUT2D eigenvalue weighted by Gasteiger charge is -2.28. The van der Waals surface area contributed by atoms with Gasteiger partial charge < -0.3 is 4.90 Å². The highest BCUT2D eigenvalue weighted by atomic mass is 32.1. The zero-order valence-corrected chi connectivity index (χ0v) is 36.5. The van der Waals surface area contributed by atoms with Crippen molar-refractivity contribution in [2.75, 3.05) is 4.90 Å². The van der Waals surface area contributed by atoms with E-state index in [1.165, 1.54) is 129 Å². The number of aryl methyl sites for hydroxylation is 1. The van der Waals surface area contributed by atoms with Crippen LogP contribution in [0.5, 0.6) is 0 Å². The van der Waals surface area contributed by atoms with E-state index in [1.807, 2.05) is 11.3 Å². The van der Waals surface area contributed by atoms with Crippen LogP contribution in [-0.2, 0) is 0 Å². The summed E-state index contributed by atoms with van der Waals surface area (Å²) in [5.74, 6) is 0. The molecule has 1 nitrogen and oxygen atoms in total. The Morgan fingerprint density at radius 3 is 1.69 bits per heavy atom. The second kappa shape index (κ2) is 14.0. The van der Waals surface area contributed by atoms with Gasteiger partial charge in [-0.05, 0) is 142 Å². The molecule has 0 saturated carbocycles. The van der Waals surface area contributed by atoms with Crippen LogP contribution in [0.1, 0.15) is 5.56 Å². The first kappa shape index (κ1) is 36.4. The fourth-order valence-electron chi connectivity index (χ4n) is 11.1. The zero-order chi connectivity index (χ0) is 42.8. The van der Waals surface area contributed by atoms with E-state index in [-0.39, 0.29) is 0 Å². The van der Waals surface area contributed by atoms with Crippen molar-refractivity contribution in [3.63, 3.8) is 0 Å². The molecule has 14 aromatic rings. The first-order valence-electron chi connectivity index (χ1n) is 22.5. The Morgan fingerprint density at radius 1 is 0.323 bits per heavy atom. The summed E-state index contributed by atoms with van der Waals surface area (Å²) in [6.07, 6.45) is 0. The van der Waals surface area contributed by atoms with Crippen LogP contribution in [0.15, 0.2) is 218 Å². The SMILES string of the molecule is Cc1cc(-c2ccc3ccc4c(N(c5ccccc5)c5ccc6ccccc6c5)ccc5ccc2c3c54)ccc1-c1ccc2sc3c(ccc4c5ccccc5c5ccccc5c43)c2c1. The van der Waals surface area contributed by atoms with Crippen molar-refractivity contribution in [2.24, 2.45) is 0 Å². The number of para-hydroxylation sites is 1. The third kappa shape index (κ3) is 5.45. The van der Waals surface area contributed by atoms with E-state index in [0.29, 0.717) is 0 Å². The van der Waals surface area contributed by atoms with Gasteiger partial charge in [0.05, 0.1) is 5.69 Å². The molecule has 0 aliphatic carbocycles. The highest BCUT2D eigenvalue weighted by molar-refractivity contribution is 7.26. The molecule has 0 aliphatic heterocycles. The fraction of sp³-hybridized carbons (Fsp3) is 0.0159. The van der Waals surface area contributed by atoms with Gasteiger partial charge in [0.25, 0.3) is 0 Å². The maximum Gasteiger partial charge on any atom is 0.0540 e. The van der Waals surface area contributed by atoms with Crippen molar-refractivity contribution in [2.45, 2.75) is 6.92 Å². The van der Waals surface area contributed by atoms with E-state index in [2.05, 4.69) is 230 Å². The summed E-state index contributed by atoms with van der Waals surface area (Å²) in [6.45, 7) is 2.27. The van der Waals surface area contributed by atoms with Gasteiger partial charge >= 0.3 is 0 Å². The molecule has 2 heteroatoms. The summed E-state index contributed by atoms with van der Waals surface area (Å²) >= 11 is 1.92. The van der Waals surface area contributed by atoms with Crippen LogP contribution in [-0.4, -0.2) is 0 Å². The fourth-order valence-corrected chi connectivity index (χ4v) is 12.3. The average Bonchev–Trinajstić information content (AvgIpc) is 3.74. The lowest BCUT2D eigenvalue weighted by Crippen LogP contribution is -2.10. The maximum absolute atomic E-state index is 2.43. The first-order valence-corrected chi connectivity index (χ1v) is 23.3. The second-order valence-corrected chi connectivity index (χ2v) is 18.7. The van der Waals surface area contributed by atoms with Crippen LogP contribution in [0.3, 0.4) is 0 Å². The van der Waals surface area contributed by atoms with Gasteiger partial charge in [-0.1, -0.05) is 176 Å². The van der Waals surface area contributed by atoms with E-state index >= 15 is 0 Å². The molecule has 0 atom stereocenters. The molecule has 0 spiro atoms. The number of nitrogens with zero attached hydrogens (tertiary/aromatic N) is 1. The predicted molar refractivity (Wildman–Crippen MR) is 283 cm³/mol. The smallest absolute Gasteiger partial charge is 0.0540 e. The number of fused-ring (bicyclic) bond motifs is 11. The molecule has 1 aromatic heterocycles. The third-order valence-corrected chi connectivity index (χ3v) is 15.3. The number of rotatable bonds is 5. The van der Waals surface area contributed by atoms with Crippen molar-refractivity contribution in [3.05, 3.63) is 224 Å². The van der Waals surface area contributed by atoms with E-state index in [9.17, 15) is 0 Å². The molecule has 0 unspecified atom stereocenters. The Bertz CT molecular complexity index is 4220. The topological polar surface area (TPSA) is 3.24 Å². The van der Waals surface area contributed by atoms with Crippen molar-refractivity contribution in [1.29, 1.82) is 0 Å². The lowest BCUT2D eigenvalue weighted by molar-refractivity contribution is 1.31. The van der Waals surface area contributed by atoms with E-state index in [4.69, 9.17) is 0 Å². The normalized spacial score (nSPS) is 12.1. The summed E-state index contributed by atoms with van der Waals surface area (Å²) in [5.41, 5.74) is 9.73. The number of thiophene rings is 1. The first-order chi connectivity index (χ1) is 32.1. The van der Waals surface area contributed by atoms with Gasteiger partial charge in [-0.2, -0.15) is 0 Å². The molecule has 0 fully saturated rings. The highest BCUT2D eigenvalue weighted by Crippen LogP contribution is 2.48. The Hall–Kier alpha value is -8.04. The number of hydrogen-bond donors (Lipinski definition) is 0. The minimum atomic E-state index is 1.14. The summed E-state index contributed by atoms with van der Waals surface area (Å²) in [6, 6.07) is 81.4. The molecule has 0 amide bonds. The third-order valence-electron chi connectivity index (χ3n) is 14.1. The van der Waals surface area contributed by atoms with E-state index in [0.717, 1.165) is 11.4 Å². The van der Waals surface area contributed by atoms with Crippen molar-refractivity contribution < 1.29 is 0 Å². The molecule has 0 saturated heterocycles. The van der Waals surface area contributed by atoms with E-state index in [1.54, 1.807) is 0 Å². The van der Waals surface area contributed by atoms with Crippen LogP contribution >= 0.6 is 11.3 Å². The molecule has 13 aromatic carbocycles. The highest BCUT2D eigenvalue weighted by Gasteiger charge is 2.21. The minimum Gasteiger partial charge on any atom is -0.310 e. The van der Waals surface area contributed by atoms with Gasteiger partial charge in [-0.3, -0.25) is 0 Å². The van der Waals surface area contributed by atoms with Gasteiger partial charge in [0, 0.05) is 42.3 Å². The second-order valence-electron chi connectivity index (χ2n) is 17.6. The van der Waals surface area contributed by atoms with Gasteiger partial charge in [0.2, 0.25) is 0 Å². The van der Waals surface area contributed by atoms with E-state index < -0.39 is 0 Å². The number of hydrogen-bond acceptors (Lipinski definition) is 2. The molecular weight excluding hydrogens is 803 g/mol. The lowest BCUT2D eigenvalue weighted by atomic mass is 9.88. The van der Waals surface area contributed by atoms with Gasteiger partial charge in [-0.15, -0.1) is 11.3 Å². The van der Waals surface area contributed by atoms with Crippen molar-refractivity contribution in [1.82, 2.24) is 0 Å². The number of anilines is 3. The molecule has 0 radical (unpaired) electrons. The van der Waals surface area contributed by atoms with Gasteiger partial charge in [-0.25, -0.2) is 0 Å². The monoisotopic (exact) mass is 841 g/mol. The van der Waals surface area contributed by atoms with Crippen LogP contribution in [0.25, 0.3) is 118 Å². The average molecular weight is 842 g/mol. The predicted octanol–water partition coefficient (Wildman–Crippen LogP) is 18.7. The largest absolute Gasteiger partial charge is 0.310 e. The van der Waals surface area contributed by atoms with Crippen molar-refractivity contribution >= 4 is 124 Å². The molecule has 0 bridgehead atoms. The molecule has 1 heterocycles. The maximum atomic E-state index is 2.43. The Balaban J connectivity index is 0.894. The molecule has 302 valence electrons. The summed E-state index contributed by atoms with van der Waals surface area (Å²) in [7, 11) is 0. The van der Waals surface area contributed by atoms with Gasteiger partial charge in [0.15, 0.2) is 0 Å². The Morgan fingerprint density at radius 2 is 0.892 bits per heavy atom. The molecule has 0 N–H and O–H groups in total. The van der Waals surface area contributed by atoms with Crippen LogP contribution in [0.2, 0.25) is 0 Å². The molecule has 14 rings (SSSR count). The number of benzene rings is 13. The summed E-state index contributed by atoms with van der Waals surface area (Å²) in [4.78, 5) is 2.42. The Kier molecular flexibility index (Phi) is 7.84. The molecule has 65 heavy (non-hydrogen) atoms.